The Bertz CT molecular complexity index is 319. The third-order valence-corrected chi connectivity index (χ3v) is 3.52. The van der Waals surface area contributed by atoms with Gasteiger partial charge in [-0.15, -0.1) is 0 Å². The van der Waals surface area contributed by atoms with E-state index >= 15 is 0 Å². The van der Waals surface area contributed by atoms with Gasteiger partial charge in [-0.2, -0.15) is 0 Å². The Labute approximate surface area is 106 Å². The number of ether oxygens (including phenoxy) is 1. The van der Waals surface area contributed by atoms with Crippen LogP contribution < -0.4 is 5.32 Å². The molecule has 2 unspecified atom stereocenters. The highest BCUT2D eigenvalue weighted by Crippen LogP contribution is 2.27. The van der Waals surface area contributed by atoms with Crippen molar-refractivity contribution in [3.8, 4) is 0 Å². The third-order valence-electron chi connectivity index (χ3n) is 2.99. The van der Waals surface area contributed by atoms with E-state index in [0.717, 1.165) is 24.0 Å². The fraction of sp³-hybridized carbons (Fsp3) is 0.538. The number of hydrogen-bond acceptors (Lipinski definition) is 2. The van der Waals surface area contributed by atoms with Crippen LogP contribution in [0.15, 0.2) is 28.7 Å². The molecule has 1 aromatic rings. The molecule has 1 N–H and O–H groups in total. The van der Waals surface area contributed by atoms with E-state index in [1.54, 1.807) is 0 Å². The van der Waals surface area contributed by atoms with Crippen molar-refractivity contribution in [2.45, 2.75) is 31.9 Å². The zero-order valence-corrected chi connectivity index (χ0v) is 11.2. The molecule has 1 aliphatic rings. The molecule has 0 amide bonds. The van der Waals surface area contributed by atoms with Crippen LogP contribution in [0.3, 0.4) is 0 Å². The second-order valence-electron chi connectivity index (χ2n) is 4.14. The number of hydrogen-bond donors (Lipinski definition) is 1. The van der Waals surface area contributed by atoms with Crippen molar-refractivity contribution in [1.82, 2.24) is 5.32 Å². The van der Waals surface area contributed by atoms with Crippen molar-refractivity contribution in [2.24, 2.45) is 0 Å². The predicted molar refractivity (Wildman–Crippen MR) is 69.5 cm³/mol. The lowest BCUT2D eigenvalue weighted by Gasteiger charge is -2.24. The van der Waals surface area contributed by atoms with Gasteiger partial charge in [0.25, 0.3) is 0 Å². The second kappa shape index (κ2) is 5.80. The average molecular weight is 284 g/mol. The van der Waals surface area contributed by atoms with E-state index in [4.69, 9.17) is 4.74 Å². The van der Waals surface area contributed by atoms with Gasteiger partial charge >= 0.3 is 0 Å². The summed E-state index contributed by atoms with van der Waals surface area (Å²) in [6.07, 6.45) is 2.68. The van der Waals surface area contributed by atoms with E-state index in [1.165, 1.54) is 12.0 Å². The standard InChI is InChI=1S/C13H18BrNO/c1-2-15-13(12-4-3-9-16-12)10-5-7-11(14)8-6-10/h5-8,12-13,15H,2-4,9H2,1H3. The predicted octanol–water partition coefficient (Wildman–Crippen LogP) is 3.28. The molecule has 2 atom stereocenters. The third kappa shape index (κ3) is 2.84. The fourth-order valence-corrected chi connectivity index (χ4v) is 2.48. The van der Waals surface area contributed by atoms with Crippen LogP contribution in [0.2, 0.25) is 0 Å². The molecule has 1 fully saturated rings. The molecule has 0 aromatic heterocycles. The van der Waals surface area contributed by atoms with Crippen LogP contribution in [0.4, 0.5) is 0 Å². The lowest BCUT2D eigenvalue weighted by atomic mass is 9.99. The van der Waals surface area contributed by atoms with E-state index in [9.17, 15) is 0 Å². The van der Waals surface area contributed by atoms with Gasteiger partial charge in [0.05, 0.1) is 12.1 Å². The number of benzene rings is 1. The number of nitrogens with one attached hydrogen (secondary N) is 1. The van der Waals surface area contributed by atoms with Gasteiger partial charge in [-0.1, -0.05) is 35.0 Å². The van der Waals surface area contributed by atoms with Gasteiger partial charge in [-0.3, -0.25) is 0 Å². The van der Waals surface area contributed by atoms with Gasteiger partial charge in [0.2, 0.25) is 0 Å². The molecule has 88 valence electrons. The molecule has 1 saturated heterocycles. The molecular formula is C13H18BrNO. The molecule has 0 spiro atoms. The van der Waals surface area contributed by atoms with Gasteiger partial charge in [0, 0.05) is 11.1 Å². The van der Waals surface area contributed by atoms with Gasteiger partial charge in [0.15, 0.2) is 0 Å². The maximum atomic E-state index is 5.78. The maximum absolute atomic E-state index is 5.78. The molecule has 0 aliphatic carbocycles. The van der Waals surface area contributed by atoms with Gasteiger partial charge in [-0.05, 0) is 37.1 Å². The van der Waals surface area contributed by atoms with Crippen LogP contribution in [0.25, 0.3) is 0 Å². The smallest absolute Gasteiger partial charge is 0.0770 e. The van der Waals surface area contributed by atoms with Crippen molar-refractivity contribution in [3.63, 3.8) is 0 Å². The van der Waals surface area contributed by atoms with E-state index < -0.39 is 0 Å². The van der Waals surface area contributed by atoms with Crippen LogP contribution in [-0.2, 0) is 4.74 Å². The first kappa shape index (κ1) is 12.1. The number of halogens is 1. The van der Waals surface area contributed by atoms with Crippen LogP contribution >= 0.6 is 15.9 Å². The highest BCUT2D eigenvalue weighted by molar-refractivity contribution is 9.10. The molecule has 1 heterocycles. The molecule has 2 nitrogen and oxygen atoms in total. The Balaban J connectivity index is 2.14. The number of rotatable bonds is 4. The molecule has 3 heteroatoms. The van der Waals surface area contributed by atoms with Crippen LogP contribution in [0.5, 0.6) is 0 Å². The van der Waals surface area contributed by atoms with Crippen molar-refractivity contribution in [3.05, 3.63) is 34.3 Å². The topological polar surface area (TPSA) is 21.3 Å². The van der Waals surface area contributed by atoms with Gasteiger partial charge in [0.1, 0.15) is 0 Å². The summed E-state index contributed by atoms with van der Waals surface area (Å²) >= 11 is 3.47. The minimum Gasteiger partial charge on any atom is -0.376 e. The van der Waals surface area contributed by atoms with Crippen LogP contribution in [0, 0.1) is 0 Å². The molecule has 1 aliphatic heterocycles. The Morgan fingerprint density at radius 3 is 2.75 bits per heavy atom. The zero-order chi connectivity index (χ0) is 11.4. The van der Waals surface area contributed by atoms with E-state index in [1.807, 2.05) is 0 Å². The van der Waals surface area contributed by atoms with E-state index in [2.05, 4.69) is 52.4 Å². The fourth-order valence-electron chi connectivity index (χ4n) is 2.22. The lowest BCUT2D eigenvalue weighted by molar-refractivity contribution is 0.0788. The monoisotopic (exact) mass is 283 g/mol. The van der Waals surface area contributed by atoms with Crippen molar-refractivity contribution >= 4 is 15.9 Å². The SMILES string of the molecule is CCNC(c1ccc(Br)cc1)C1CCCO1. The first-order valence-electron chi connectivity index (χ1n) is 5.91. The van der Waals surface area contributed by atoms with Crippen molar-refractivity contribution in [2.75, 3.05) is 13.2 Å². The molecule has 16 heavy (non-hydrogen) atoms. The summed E-state index contributed by atoms with van der Waals surface area (Å²) in [5.74, 6) is 0. The summed E-state index contributed by atoms with van der Waals surface area (Å²) in [6.45, 7) is 4.02. The largest absolute Gasteiger partial charge is 0.376 e. The number of likely N-dealkylation sites (N-methyl/N-ethyl adjacent to an activating group) is 1. The molecule has 0 bridgehead atoms. The summed E-state index contributed by atoms with van der Waals surface area (Å²) < 4.78 is 6.90. The van der Waals surface area contributed by atoms with Crippen molar-refractivity contribution < 1.29 is 4.74 Å². The van der Waals surface area contributed by atoms with Gasteiger partial charge in [-0.25, -0.2) is 0 Å². The minimum atomic E-state index is 0.334. The van der Waals surface area contributed by atoms with Crippen molar-refractivity contribution in [1.29, 1.82) is 0 Å². The lowest BCUT2D eigenvalue weighted by Crippen LogP contribution is -2.31. The van der Waals surface area contributed by atoms with Crippen LogP contribution in [0.1, 0.15) is 31.4 Å². The minimum absolute atomic E-state index is 0.334. The summed E-state index contributed by atoms with van der Waals surface area (Å²) in [5, 5.41) is 3.52. The Kier molecular flexibility index (Phi) is 4.38. The highest BCUT2D eigenvalue weighted by atomic mass is 79.9. The Morgan fingerprint density at radius 1 is 1.44 bits per heavy atom. The molecule has 2 rings (SSSR count). The molecule has 0 saturated carbocycles. The summed E-state index contributed by atoms with van der Waals surface area (Å²) in [7, 11) is 0. The van der Waals surface area contributed by atoms with Gasteiger partial charge < -0.3 is 10.1 Å². The molecule has 1 aromatic carbocycles. The summed E-state index contributed by atoms with van der Waals surface area (Å²) in [6, 6.07) is 8.85. The maximum Gasteiger partial charge on any atom is 0.0770 e. The quantitative estimate of drug-likeness (QED) is 0.916. The Hall–Kier alpha value is -0.380. The molecule has 0 radical (unpaired) electrons. The average Bonchev–Trinajstić information content (AvgIpc) is 2.81. The zero-order valence-electron chi connectivity index (χ0n) is 9.58. The second-order valence-corrected chi connectivity index (χ2v) is 5.05. The van der Waals surface area contributed by atoms with Crippen LogP contribution in [-0.4, -0.2) is 19.3 Å². The summed E-state index contributed by atoms with van der Waals surface area (Å²) in [4.78, 5) is 0. The Morgan fingerprint density at radius 2 is 2.19 bits per heavy atom. The van der Waals surface area contributed by atoms with E-state index in [-0.39, 0.29) is 0 Å². The highest BCUT2D eigenvalue weighted by Gasteiger charge is 2.26. The molecular weight excluding hydrogens is 266 g/mol. The first-order valence-corrected chi connectivity index (χ1v) is 6.71. The first-order chi connectivity index (χ1) is 7.81. The normalized spacial score (nSPS) is 22.2. The summed E-state index contributed by atoms with van der Waals surface area (Å²) in [5.41, 5.74) is 1.32. The van der Waals surface area contributed by atoms with E-state index in [0.29, 0.717) is 12.1 Å².